The van der Waals surface area contributed by atoms with E-state index >= 15 is 0 Å². The number of nitrogens with one attached hydrogen (secondary N) is 1. The maximum Gasteiger partial charge on any atom is 0.238 e. The summed E-state index contributed by atoms with van der Waals surface area (Å²) in [5.41, 5.74) is 2.01. The van der Waals surface area contributed by atoms with Gasteiger partial charge in [-0.2, -0.15) is 0 Å². The molecule has 1 unspecified atom stereocenters. The van der Waals surface area contributed by atoms with Crippen molar-refractivity contribution in [3.8, 4) is 11.5 Å². The van der Waals surface area contributed by atoms with Gasteiger partial charge in [-0.3, -0.25) is 14.5 Å². The number of nitrogens with zero attached hydrogens (tertiary/aromatic N) is 2. The molecule has 10 heteroatoms. The Morgan fingerprint density at radius 3 is 2.54 bits per heavy atom. The lowest BCUT2D eigenvalue weighted by atomic mass is 10.1. The van der Waals surface area contributed by atoms with Crippen molar-refractivity contribution >= 4 is 63.3 Å². The summed E-state index contributed by atoms with van der Waals surface area (Å²) >= 11 is 13.3. The van der Waals surface area contributed by atoms with Crippen LogP contribution in [0.5, 0.6) is 11.5 Å². The second-order valence-corrected chi connectivity index (χ2v) is 9.90. The van der Waals surface area contributed by atoms with Crippen LogP contribution in [0, 0.1) is 0 Å². The highest BCUT2D eigenvalue weighted by molar-refractivity contribution is 8.15. The first kappa shape index (κ1) is 23.5. The Morgan fingerprint density at radius 1 is 1.03 bits per heavy atom. The Bertz CT molecular complexity index is 1300. The van der Waals surface area contributed by atoms with Gasteiger partial charge in [-0.05, 0) is 48.0 Å². The molecule has 2 aliphatic heterocycles. The Labute approximate surface area is 216 Å². The van der Waals surface area contributed by atoms with Gasteiger partial charge in [0.2, 0.25) is 18.6 Å². The van der Waals surface area contributed by atoms with E-state index in [9.17, 15) is 9.59 Å². The molecule has 0 aliphatic carbocycles. The maximum absolute atomic E-state index is 13.3. The molecule has 35 heavy (non-hydrogen) atoms. The van der Waals surface area contributed by atoms with Crippen LogP contribution < -0.4 is 14.8 Å². The summed E-state index contributed by atoms with van der Waals surface area (Å²) in [5, 5.41) is 3.38. The lowest BCUT2D eigenvalue weighted by Gasteiger charge is -2.32. The second kappa shape index (κ2) is 10.2. The van der Waals surface area contributed by atoms with Gasteiger partial charge in [0.05, 0.1) is 12.2 Å². The number of aliphatic imine (C=N–C) groups is 1. The normalized spacial score (nSPS) is 18.1. The van der Waals surface area contributed by atoms with Crippen molar-refractivity contribution in [2.24, 2.45) is 4.99 Å². The highest BCUT2D eigenvalue weighted by Crippen LogP contribution is 2.35. The number of carbonyl (C=O) groups is 2. The highest BCUT2D eigenvalue weighted by atomic mass is 35.5. The molecular formula is C25H19Cl2N3O4S. The monoisotopic (exact) mass is 527 g/mol. The number of carbonyl (C=O) groups excluding carboxylic acids is 2. The van der Waals surface area contributed by atoms with Gasteiger partial charge in [-0.1, -0.05) is 59.2 Å². The zero-order valence-corrected chi connectivity index (χ0v) is 20.6. The first-order chi connectivity index (χ1) is 16.9. The van der Waals surface area contributed by atoms with Crippen LogP contribution in [0.4, 0.5) is 11.4 Å². The molecule has 0 bridgehead atoms. The van der Waals surface area contributed by atoms with E-state index in [1.165, 1.54) is 11.8 Å². The number of benzene rings is 3. The molecule has 3 aromatic carbocycles. The lowest BCUT2D eigenvalue weighted by molar-refractivity contribution is -0.129. The summed E-state index contributed by atoms with van der Waals surface area (Å²) in [7, 11) is 0. The van der Waals surface area contributed by atoms with Crippen LogP contribution in [-0.4, -0.2) is 33.9 Å². The predicted octanol–water partition coefficient (Wildman–Crippen LogP) is 5.88. The first-order valence-electron chi connectivity index (χ1n) is 10.7. The minimum Gasteiger partial charge on any atom is -0.454 e. The van der Waals surface area contributed by atoms with E-state index in [1.807, 2.05) is 48.5 Å². The highest BCUT2D eigenvalue weighted by Gasteiger charge is 2.36. The molecule has 2 heterocycles. The van der Waals surface area contributed by atoms with Gasteiger partial charge in [0.25, 0.3) is 0 Å². The van der Waals surface area contributed by atoms with Crippen LogP contribution in [0.15, 0.2) is 71.7 Å². The minimum absolute atomic E-state index is 0.0170. The Balaban J connectivity index is 1.40. The summed E-state index contributed by atoms with van der Waals surface area (Å²) in [6.45, 7) is 0.457. The Hall–Kier alpha value is -3.20. The van der Waals surface area contributed by atoms with Gasteiger partial charge in [-0.15, -0.1) is 0 Å². The first-order valence-corrected chi connectivity index (χ1v) is 12.3. The Kier molecular flexibility index (Phi) is 6.86. The average Bonchev–Trinajstić information content (AvgIpc) is 3.29. The van der Waals surface area contributed by atoms with Gasteiger partial charge in [-0.25, -0.2) is 4.99 Å². The zero-order chi connectivity index (χ0) is 24.4. The number of hydrogen-bond donors (Lipinski definition) is 1. The van der Waals surface area contributed by atoms with Crippen LogP contribution in [0.1, 0.15) is 12.0 Å². The fourth-order valence-corrected chi connectivity index (χ4v) is 5.30. The van der Waals surface area contributed by atoms with Crippen molar-refractivity contribution in [3.63, 3.8) is 0 Å². The summed E-state index contributed by atoms with van der Waals surface area (Å²) in [4.78, 5) is 32.6. The molecule has 1 N–H and O–H groups in total. The van der Waals surface area contributed by atoms with Crippen molar-refractivity contribution in [1.82, 2.24) is 4.90 Å². The van der Waals surface area contributed by atoms with E-state index in [2.05, 4.69) is 5.32 Å². The number of fused-ring (bicyclic) bond motifs is 1. The summed E-state index contributed by atoms with van der Waals surface area (Å²) in [6, 6.07) is 19.6. The van der Waals surface area contributed by atoms with E-state index in [0.29, 0.717) is 38.1 Å². The van der Waals surface area contributed by atoms with E-state index in [1.54, 1.807) is 23.1 Å². The summed E-state index contributed by atoms with van der Waals surface area (Å²) < 4.78 is 10.8. The number of rotatable bonds is 5. The quantitative estimate of drug-likeness (QED) is 0.447. The second-order valence-electron chi connectivity index (χ2n) is 7.86. The minimum atomic E-state index is -0.671. The van der Waals surface area contributed by atoms with Crippen LogP contribution in [0.2, 0.25) is 10.0 Å². The lowest BCUT2D eigenvalue weighted by Crippen LogP contribution is -2.44. The zero-order valence-electron chi connectivity index (χ0n) is 18.2. The van der Waals surface area contributed by atoms with Crippen molar-refractivity contribution in [1.29, 1.82) is 0 Å². The number of halogens is 2. The number of para-hydroxylation sites is 1. The summed E-state index contributed by atoms with van der Waals surface area (Å²) in [5.74, 6) is 0.772. The molecule has 1 saturated heterocycles. The van der Waals surface area contributed by atoms with E-state index in [0.717, 1.165) is 5.56 Å². The van der Waals surface area contributed by atoms with E-state index in [-0.39, 0.29) is 31.6 Å². The number of amidine groups is 1. The van der Waals surface area contributed by atoms with E-state index in [4.69, 9.17) is 37.7 Å². The van der Waals surface area contributed by atoms with Crippen molar-refractivity contribution < 1.29 is 19.1 Å². The van der Waals surface area contributed by atoms with Crippen LogP contribution in [0.3, 0.4) is 0 Å². The smallest absolute Gasteiger partial charge is 0.238 e. The van der Waals surface area contributed by atoms with Crippen molar-refractivity contribution in [3.05, 3.63) is 82.3 Å². The van der Waals surface area contributed by atoms with Crippen molar-refractivity contribution in [2.75, 3.05) is 12.1 Å². The molecule has 7 nitrogen and oxygen atoms in total. The fraction of sp³-hybridized carbons (Fsp3) is 0.160. The fourth-order valence-electron chi connectivity index (χ4n) is 3.68. The Morgan fingerprint density at radius 2 is 1.77 bits per heavy atom. The van der Waals surface area contributed by atoms with Crippen molar-refractivity contribution in [2.45, 2.75) is 18.2 Å². The van der Waals surface area contributed by atoms with Gasteiger partial charge < -0.3 is 14.8 Å². The standard InChI is InChI=1S/C25H19Cl2N3O4S/c26-16-9-17(27)11-19(10-16)28-24(32)22-12-23(31)30(25(35-22)29-18-4-2-1-3-5-18)13-15-6-7-20-21(8-15)34-14-33-20/h1-11,22H,12-14H2,(H,28,32). The number of ether oxygens (including phenoxy) is 2. The number of anilines is 1. The molecule has 0 saturated carbocycles. The van der Waals surface area contributed by atoms with Gasteiger partial charge in [0, 0.05) is 22.2 Å². The largest absolute Gasteiger partial charge is 0.454 e. The number of hydrogen-bond acceptors (Lipinski definition) is 6. The SMILES string of the molecule is O=C(Nc1cc(Cl)cc(Cl)c1)C1CC(=O)N(Cc2ccc3c(c2)OCO3)C(=Nc2ccccc2)S1. The topological polar surface area (TPSA) is 80.2 Å². The third-order valence-electron chi connectivity index (χ3n) is 5.32. The molecule has 0 radical (unpaired) electrons. The van der Waals surface area contributed by atoms with E-state index < -0.39 is 5.25 Å². The van der Waals surface area contributed by atoms with Crippen LogP contribution in [0.25, 0.3) is 0 Å². The number of thioether (sulfide) groups is 1. The van der Waals surface area contributed by atoms with Crippen LogP contribution in [-0.2, 0) is 16.1 Å². The van der Waals surface area contributed by atoms with Gasteiger partial charge >= 0.3 is 0 Å². The van der Waals surface area contributed by atoms with Crippen LogP contribution >= 0.6 is 35.0 Å². The molecule has 0 aromatic heterocycles. The molecule has 3 aromatic rings. The molecule has 2 amide bonds. The molecule has 0 spiro atoms. The van der Waals surface area contributed by atoms with Gasteiger partial charge in [0.1, 0.15) is 5.25 Å². The third kappa shape index (κ3) is 5.56. The molecule has 1 fully saturated rings. The third-order valence-corrected chi connectivity index (χ3v) is 6.94. The number of amides is 2. The summed E-state index contributed by atoms with van der Waals surface area (Å²) in [6.07, 6.45) is 0.0170. The predicted molar refractivity (Wildman–Crippen MR) is 138 cm³/mol. The molecule has 2 aliphatic rings. The average molecular weight is 528 g/mol. The molecule has 5 rings (SSSR count). The molecule has 178 valence electrons. The van der Waals surface area contributed by atoms with Gasteiger partial charge in [0.15, 0.2) is 16.7 Å². The molecular weight excluding hydrogens is 509 g/mol. The molecule has 1 atom stereocenters. The maximum atomic E-state index is 13.3.